The van der Waals surface area contributed by atoms with E-state index in [9.17, 15) is 8.78 Å². The fourth-order valence-corrected chi connectivity index (χ4v) is 2.74. The molecule has 0 saturated carbocycles. The van der Waals surface area contributed by atoms with E-state index in [2.05, 4.69) is 25.7 Å². The van der Waals surface area contributed by atoms with Gasteiger partial charge in [-0.25, -0.2) is 4.98 Å². The van der Waals surface area contributed by atoms with Gasteiger partial charge in [-0.2, -0.15) is 8.78 Å². The average molecular weight is 299 g/mol. The van der Waals surface area contributed by atoms with Crippen LogP contribution in [0.15, 0.2) is 9.98 Å². The van der Waals surface area contributed by atoms with Crippen LogP contribution in [0, 0.1) is 0 Å². The predicted molar refractivity (Wildman–Crippen MR) is 56.0 cm³/mol. The zero-order valence-corrected chi connectivity index (χ0v) is 10.2. The van der Waals surface area contributed by atoms with Gasteiger partial charge in [-0.1, -0.05) is 0 Å². The highest BCUT2D eigenvalue weighted by molar-refractivity contribution is 9.11. The Morgan fingerprint density at radius 3 is 3.07 bits per heavy atom. The summed E-state index contributed by atoms with van der Waals surface area (Å²) in [5.41, 5.74) is 0. The molecule has 0 bridgehead atoms. The normalized spacial score (nSPS) is 21.8. The van der Waals surface area contributed by atoms with E-state index in [0.717, 1.165) is 8.79 Å². The van der Waals surface area contributed by atoms with Crippen LogP contribution in [0.5, 0.6) is 0 Å². The van der Waals surface area contributed by atoms with Crippen LogP contribution in [-0.2, 0) is 11.3 Å². The number of ether oxygens (including phenoxy) is 1. The highest BCUT2D eigenvalue weighted by atomic mass is 79.9. The van der Waals surface area contributed by atoms with Gasteiger partial charge in [0.25, 0.3) is 0 Å². The third-order valence-corrected chi connectivity index (χ3v) is 3.47. The maximum absolute atomic E-state index is 12.9. The van der Waals surface area contributed by atoms with Crippen molar-refractivity contribution in [2.45, 2.75) is 12.7 Å². The van der Waals surface area contributed by atoms with Crippen LogP contribution in [0.4, 0.5) is 8.78 Å². The van der Waals surface area contributed by atoms with E-state index in [1.165, 1.54) is 11.3 Å². The van der Waals surface area contributed by atoms with Crippen molar-refractivity contribution in [2.24, 2.45) is 0 Å². The minimum atomic E-state index is -3.02. The maximum Gasteiger partial charge on any atom is 0.368 e. The summed E-state index contributed by atoms with van der Waals surface area (Å²) in [5, 5.41) is 0.833. The zero-order valence-electron chi connectivity index (χ0n) is 7.75. The van der Waals surface area contributed by atoms with E-state index in [4.69, 9.17) is 0 Å². The fraction of sp³-hybridized carbons (Fsp3) is 0.625. The van der Waals surface area contributed by atoms with Crippen molar-refractivity contribution in [3.63, 3.8) is 0 Å². The van der Waals surface area contributed by atoms with Crippen molar-refractivity contribution in [3.05, 3.63) is 15.0 Å². The van der Waals surface area contributed by atoms with Crippen LogP contribution < -0.4 is 0 Å². The third-order valence-electron chi connectivity index (χ3n) is 2.01. The number of nitrogens with zero attached hydrogens (tertiary/aromatic N) is 2. The Kier molecular flexibility index (Phi) is 3.34. The number of thiazole rings is 1. The molecule has 0 aromatic carbocycles. The van der Waals surface area contributed by atoms with Gasteiger partial charge in [0.1, 0.15) is 5.01 Å². The molecule has 7 heteroatoms. The molecule has 0 aliphatic carbocycles. The van der Waals surface area contributed by atoms with Crippen molar-refractivity contribution >= 4 is 27.3 Å². The number of hydrogen-bond donors (Lipinski definition) is 0. The average Bonchev–Trinajstić information content (AvgIpc) is 2.49. The van der Waals surface area contributed by atoms with Gasteiger partial charge in [-0.15, -0.1) is 11.3 Å². The van der Waals surface area contributed by atoms with Gasteiger partial charge in [-0.3, -0.25) is 4.90 Å². The molecule has 84 valence electrons. The Morgan fingerprint density at radius 2 is 2.47 bits per heavy atom. The second kappa shape index (κ2) is 4.40. The monoisotopic (exact) mass is 298 g/mol. The lowest BCUT2D eigenvalue weighted by molar-refractivity contribution is -0.271. The van der Waals surface area contributed by atoms with E-state index in [-0.39, 0.29) is 13.2 Å². The minimum Gasteiger partial charge on any atom is -0.318 e. The Morgan fingerprint density at radius 1 is 1.67 bits per heavy atom. The summed E-state index contributed by atoms with van der Waals surface area (Å²) in [7, 11) is 0. The Hall–Kier alpha value is -0.110. The van der Waals surface area contributed by atoms with Gasteiger partial charge in [0.15, 0.2) is 0 Å². The summed E-state index contributed by atoms with van der Waals surface area (Å²) in [4.78, 5) is 5.75. The van der Waals surface area contributed by atoms with Crippen LogP contribution in [-0.4, -0.2) is 35.7 Å². The lowest BCUT2D eigenvalue weighted by Crippen LogP contribution is -2.46. The van der Waals surface area contributed by atoms with Crippen LogP contribution >= 0.6 is 27.3 Å². The molecule has 1 aromatic heterocycles. The molecule has 0 amide bonds. The van der Waals surface area contributed by atoms with Gasteiger partial charge >= 0.3 is 6.11 Å². The summed E-state index contributed by atoms with van der Waals surface area (Å²) >= 11 is 4.74. The van der Waals surface area contributed by atoms with E-state index >= 15 is 0 Å². The van der Waals surface area contributed by atoms with E-state index in [1.807, 2.05) is 0 Å². The molecule has 1 saturated heterocycles. The first kappa shape index (κ1) is 11.4. The number of aromatic nitrogens is 1. The Balaban J connectivity index is 1.95. The van der Waals surface area contributed by atoms with Crippen molar-refractivity contribution in [3.8, 4) is 0 Å². The van der Waals surface area contributed by atoms with Crippen molar-refractivity contribution in [1.82, 2.24) is 9.88 Å². The summed E-state index contributed by atoms with van der Waals surface area (Å²) in [6, 6.07) is 0. The molecular formula is C8H9BrF2N2OS. The van der Waals surface area contributed by atoms with Crippen molar-refractivity contribution < 1.29 is 13.5 Å². The van der Waals surface area contributed by atoms with Crippen molar-refractivity contribution in [2.75, 3.05) is 19.7 Å². The molecule has 1 fully saturated rings. The van der Waals surface area contributed by atoms with Gasteiger partial charge in [0.2, 0.25) is 0 Å². The van der Waals surface area contributed by atoms with Gasteiger partial charge in [0.05, 0.1) is 29.7 Å². The Labute approximate surface area is 98.2 Å². The molecular weight excluding hydrogens is 290 g/mol. The summed E-state index contributed by atoms with van der Waals surface area (Å²) < 4.78 is 31.0. The lowest BCUT2D eigenvalue weighted by Gasteiger charge is -2.31. The number of hydrogen-bond acceptors (Lipinski definition) is 4. The number of rotatable bonds is 2. The second-order valence-corrected chi connectivity index (χ2v) is 5.75. The van der Waals surface area contributed by atoms with Crippen molar-refractivity contribution in [1.29, 1.82) is 0 Å². The first-order valence-corrected chi connectivity index (χ1v) is 6.00. The largest absolute Gasteiger partial charge is 0.368 e. The van der Waals surface area contributed by atoms with E-state index in [0.29, 0.717) is 13.1 Å². The highest BCUT2D eigenvalue weighted by Crippen LogP contribution is 2.24. The van der Waals surface area contributed by atoms with Crippen LogP contribution in [0.3, 0.4) is 0 Å². The molecule has 0 unspecified atom stereocenters. The SMILES string of the molecule is FC1(F)CN(Cc2ncc(Br)s2)CCO1. The molecule has 0 atom stereocenters. The number of alkyl halides is 2. The maximum atomic E-state index is 12.9. The standard InChI is InChI=1S/C8H9BrF2N2OS/c9-6-3-12-7(15-6)4-13-1-2-14-8(10,11)5-13/h3H,1-2,4-5H2. The molecule has 1 aromatic rings. The molecule has 15 heavy (non-hydrogen) atoms. The zero-order chi connectivity index (χ0) is 10.9. The van der Waals surface area contributed by atoms with Crippen LogP contribution in [0.2, 0.25) is 0 Å². The molecule has 0 radical (unpaired) electrons. The molecule has 3 nitrogen and oxygen atoms in total. The highest BCUT2D eigenvalue weighted by Gasteiger charge is 2.36. The lowest BCUT2D eigenvalue weighted by atomic mass is 10.4. The first-order chi connectivity index (χ1) is 7.05. The number of morpholine rings is 1. The second-order valence-electron chi connectivity index (χ2n) is 3.25. The third kappa shape index (κ3) is 3.17. The molecule has 0 spiro atoms. The molecule has 1 aliphatic rings. The number of halogens is 3. The topological polar surface area (TPSA) is 25.4 Å². The van der Waals surface area contributed by atoms with E-state index in [1.54, 1.807) is 11.1 Å². The van der Waals surface area contributed by atoms with Gasteiger partial charge in [-0.05, 0) is 15.9 Å². The van der Waals surface area contributed by atoms with E-state index < -0.39 is 6.11 Å². The van der Waals surface area contributed by atoms with Gasteiger partial charge in [0, 0.05) is 6.54 Å². The first-order valence-electron chi connectivity index (χ1n) is 4.39. The fourth-order valence-electron chi connectivity index (χ4n) is 1.40. The predicted octanol–water partition coefficient (Wildman–Crippen LogP) is 2.33. The summed E-state index contributed by atoms with van der Waals surface area (Å²) in [6.07, 6.45) is -1.34. The van der Waals surface area contributed by atoms with Crippen LogP contribution in [0.25, 0.3) is 0 Å². The Bertz CT molecular complexity index is 347. The molecule has 2 rings (SSSR count). The molecule has 1 aliphatic heterocycles. The smallest absolute Gasteiger partial charge is 0.318 e. The quantitative estimate of drug-likeness (QED) is 0.838. The molecule has 2 heterocycles. The summed E-state index contributed by atoms with van der Waals surface area (Å²) in [5.74, 6) is 0. The minimum absolute atomic E-state index is 0.0690. The van der Waals surface area contributed by atoms with Gasteiger partial charge < -0.3 is 4.74 Å². The molecule has 0 N–H and O–H groups in total. The van der Waals surface area contributed by atoms with Crippen LogP contribution in [0.1, 0.15) is 5.01 Å². The summed E-state index contributed by atoms with van der Waals surface area (Å²) in [6.45, 7) is 0.686.